The van der Waals surface area contributed by atoms with Gasteiger partial charge in [0.25, 0.3) is 0 Å². The van der Waals surface area contributed by atoms with Gasteiger partial charge in [0.1, 0.15) is 4.87 Å². The standard InChI is InChI=1S/C28H24N2O6S/c1-15-18(26(33)35-2)19(27(34)36-3)22-23-20-21(25(32)29(24(20)31)17-12-8-5-9-13-17)28(37-23,30(15)22)14-16-10-6-4-7-11-16/h4-13,20-21,23H,14H2,1-3H3/t20-,21-,23+,28-/m0/s1. The summed E-state index contributed by atoms with van der Waals surface area (Å²) < 4.78 is 12.1. The number of fused-ring (bicyclic) bond motifs is 8. The molecule has 1 aromatic heterocycles. The quantitative estimate of drug-likeness (QED) is 0.375. The van der Waals surface area contributed by atoms with E-state index in [1.54, 1.807) is 31.2 Å². The Labute approximate surface area is 217 Å². The average molecular weight is 517 g/mol. The lowest BCUT2D eigenvalue weighted by Gasteiger charge is -2.36. The maximum Gasteiger partial charge on any atom is 0.340 e. The molecule has 2 bridgehead atoms. The Kier molecular flexibility index (Phi) is 5.31. The molecule has 4 heterocycles. The monoisotopic (exact) mass is 516 g/mol. The molecule has 0 unspecified atom stereocenters. The Morgan fingerprint density at radius 3 is 2.11 bits per heavy atom. The van der Waals surface area contributed by atoms with Crippen LogP contribution in [0.25, 0.3) is 0 Å². The number of esters is 2. The van der Waals surface area contributed by atoms with E-state index >= 15 is 0 Å². The van der Waals surface area contributed by atoms with E-state index < -0.39 is 33.9 Å². The number of imide groups is 1. The van der Waals surface area contributed by atoms with Gasteiger partial charge in [-0.1, -0.05) is 48.5 Å². The summed E-state index contributed by atoms with van der Waals surface area (Å²) in [5.41, 5.74) is 2.79. The molecule has 2 fully saturated rings. The molecular weight excluding hydrogens is 492 g/mol. The molecule has 8 nitrogen and oxygen atoms in total. The molecule has 0 N–H and O–H groups in total. The number of carbonyl (C=O) groups is 4. The van der Waals surface area contributed by atoms with Gasteiger partial charge < -0.3 is 14.0 Å². The van der Waals surface area contributed by atoms with Crippen molar-refractivity contribution in [3.8, 4) is 0 Å². The molecule has 0 aliphatic carbocycles. The zero-order valence-corrected chi connectivity index (χ0v) is 21.3. The number of hydrogen-bond donors (Lipinski definition) is 0. The van der Waals surface area contributed by atoms with Crippen molar-refractivity contribution >= 4 is 41.2 Å². The molecule has 3 aliphatic heterocycles. The lowest BCUT2D eigenvalue weighted by atomic mass is 9.78. The van der Waals surface area contributed by atoms with E-state index in [1.807, 2.05) is 41.0 Å². The molecule has 37 heavy (non-hydrogen) atoms. The third-order valence-corrected chi connectivity index (χ3v) is 9.44. The molecule has 4 atom stereocenters. The summed E-state index contributed by atoms with van der Waals surface area (Å²) in [7, 11) is 2.52. The summed E-state index contributed by atoms with van der Waals surface area (Å²) in [6.07, 6.45) is 0.432. The number of nitrogens with zero attached hydrogens (tertiary/aromatic N) is 2. The summed E-state index contributed by atoms with van der Waals surface area (Å²) in [6, 6.07) is 18.6. The Balaban J connectivity index is 1.61. The van der Waals surface area contributed by atoms with Crippen LogP contribution in [0, 0.1) is 18.8 Å². The van der Waals surface area contributed by atoms with Crippen LogP contribution in [-0.2, 0) is 30.4 Å². The van der Waals surface area contributed by atoms with Crippen LogP contribution >= 0.6 is 11.8 Å². The smallest absolute Gasteiger partial charge is 0.340 e. The maximum absolute atomic E-state index is 14.1. The van der Waals surface area contributed by atoms with E-state index in [0.29, 0.717) is 23.5 Å². The van der Waals surface area contributed by atoms with Gasteiger partial charge in [-0.15, -0.1) is 11.8 Å². The van der Waals surface area contributed by atoms with Crippen molar-refractivity contribution in [2.45, 2.75) is 23.5 Å². The van der Waals surface area contributed by atoms with Crippen LogP contribution < -0.4 is 4.90 Å². The van der Waals surface area contributed by atoms with Crippen LogP contribution in [0.5, 0.6) is 0 Å². The van der Waals surface area contributed by atoms with Gasteiger partial charge >= 0.3 is 11.9 Å². The van der Waals surface area contributed by atoms with Gasteiger partial charge in [-0.3, -0.25) is 9.59 Å². The van der Waals surface area contributed by atoms with Crippen molar-refractivity contribution in [1.82, 2.24) is 4.57 Å². The summed E-state index contributed by atoms with van der Waals surface area (Å²) in [4.78, 5) is 54.3. The van der Waals surface area contributed by atoms with Crippen molar-refractivity contribution in [3.05, 3.63) is 88.7 Å². The van der Waals surface area contributed by atoms with Crippen LogP contribution in [0.3, 0.4) is 0 Å². The predicted octanol–water partition coefficient (Wildman–Crippen LogP) is 3.87. The van der Waals surface area contributed by atoms with Crippen molar-refractivity contribution in [2.75, 3.05) is 19.1 Å². The Hall–Kier alpha value is -3.85. The molecule has 2 aromatic carbocycles. The van der Waals surface area contributed by atoms with Gasteiger partial charge in [0.2, 0.25) is 11.8 Å². The molecule has 188 valence electrons. The number of thioether (sulfide) groups is 1. The fourth-order valence-corrected chi connectivity index (χ4v) is 8.52. The highest BCUT2D eigenvalue weighted by atomic mass is 32.2. The number of amides is 2. The number of rotatable bonds is 5. The second kappa shape index (κ2) is 8.34. The lowest BCUT2D eigenvalue weighted by Crippen LogP contribution is -2.44. The van der Waals surface area contributed by atoms with Crippen LogP contribution in [-0.4, -0.2) is 42.5 Å². The molecule has 0 saturated carbocycles. The van der Waals surface area contributed by atoms with Gasteiger partial charge in [0.05, 0.1) is 48.1 Å². The number of ether oxygens (including phenoxy) is 2. The van der Waals surface area contributed by atoms with Gasteiger partial charge in [-0.05, 0) is 24.6 Å². The normalized spacial score (nSPS) is 25.3. The van der Waals surface area contributed by atoms with E-state index in [1.165, 1.54) is 30.9 Å². The number of aromatic nitrogens is 1. The Morgan fingerprint density at radius 2 is 1.49 bits per heavy atom. The fraction of sp³-hybridized carbons (Fsp3) is 0.286. The fourth-order valence-electron chi connectivity index (χ4n) is 6.34. The highest BCUT2D eigenvalue weighted by Gasteiger charge is 2.72. The predicted molar refractivity (Wildman–Crippen MR) is 136 cm³/mol. The summed E-state index contributed by atoms with van der Waals surface area (Å²) >= 11 is 1.52. The molecule has 0 spiro atoms. The average Bonchev–Trinajstić information content (AvgIpc) is 3.60. The molecule has 6 rings (SSSR count). The van der Waals surface area contributed by atoms with Gasteiger partial charge in [-0.25, -0.2) is 14.5 Å². The molecule has 0 radical (unpaired) electrons. The Bertz CT molecular complexity index is 1470. The number of hydrogen-bond acceptors (Lipinski definition) is 7. The number of anilines is 1. The van der Waals surface area contributed by atoms with Crippen molar-refractivity contribution in [1.29, 1.82) is 0 Å². The third-order valence-electron chi connectivity index (χ3n) is 7.68. The highest BCUT2D eigenvalue weighted by Crippen LogP contribution is 2.71. The van der Waals surface area contributed by atoms with Crippen LogP contribution in [0.4, 0.5) is 5.69 Å². The van der Waals surface area contributed by atoms with Crippen LogP contribution in [0.1, 0.15) is 42.9 Å². The molecule has 2 saturated heterocycles. The van der Waals surface area contributed by atoms with E-state index in [2.05, 4.69) is 0 Å². The minimum absolute atomic E-state index is 0.108. The van der Waals surface area contributed by atoms with Crippen molar-refractivity contribution < 1.29 is 28.7 Å². The summed E-state index contributed by atoms with van der Waals surface area (Å²) in [5.74, 6) is -3.26. The first kappa shape index (κ1) is 23.5. The first-order valence-corrected chi connectivity index (χ1v) is 12.8. The molecular formula is C28H24N2O6S. The van der Waals surface area contributed by atoms with Crippen molar-refractivity contribution in [3.63, 3.8) is 0 Å². The minimum Gasteiger partial charge on any atom is -0.465 e. The van der Waals surface area contributed by atoms with E-state index in [9.17, 15) is 19.2 Å². The van der Waals surface area contributed by atoms with Crippen LogP contribution in [0.2, 0.25) is 0 Å². The minimum atomic E-state index is -0.915. The molecule has 9 heteroatoms. The molecule has 3 aliphatic rings. The second-order valence-corrected chi connectivity index (χ2v) is 10.9. The maximum atomic E-state index is 14.1. The first-order chi connectivity index (χ1) is 17.9. The SMILES string of the molecule is COC(=O)c1c(C(=O)OC)c2n(c1C)[C@@]1(Cc3ccccc3)S[C@@H]2[C@H]2C(=O)N(c3ccccc3)C(=O)[C@H]21. The third kappa shape index (κ3) is 3.03. The number of benzene rings is 2. The lowest BCUT2D eigenvalue weighted by molar-refractivity contribution is -0.123. The van der Waals surface area contributed by atoms with Gasteiger partial charge in [-0.2, -0.15) is 0 Å². The number of carbonyl (C=O) groups excluding carboxylic acids is 4. The largest absolute Gasteiger partial charge is 0.465 e. The summed E-state index contributed by atoms with van der Waals surface area (Å²) in [6.45, 7) is 1.75. The van der Waals surface area contributed by atoms with Gasteiger partial charge in [0, 0.05) is 17.8 Å². The van der Waals surface area contributed by atoms with Gasteiger partial charge in [0.15, 0.2) is 0 Å². The number of para-hydroxylation sites is 1. The van der Waals surface area contributed by atoms with E-state index in [4.69, 9.17) is 9.47 Å². The zero-order chi connectivity index (χ0) is 26.1. The molecule has 2 amide bonds. The number of methoxy groups -OCH3 is 2. The Morgan fingerprint density at radius 1 is 0.892 bits per heavy atom. The van der Waals surface area contributed by atoms with Crippen molar-refractivity contribution in [2.24, 2.45) is 11.8 Å². The summed E-state index contributed by atoms with van der Waals surface area (Å²) in [5, 5.41) is -0.509. The highest BCUT2D eigenvalue weighted by molar-refractivity contribution is 8.00. The topological polar surface area (TPSA) is 94.9 Å². The molecule has 3 aromatic rings. The van der Waals surface area contributed by atoms with E-state index in [-0.39, 0.29) is 22.9 Å². The van der Waals surface area contributed by atoms with Crippen LogP contribution in [0.15, 0.2) is 60.7 Å². The van der Waals surface area contributed by atoms with E-state index in [0.717, 1.165) is 5.56 Å². The zero-order valence-electron chi connectivity index (χ0n) is 20.5. The second-order valence-electron chi connectivity index (χ2n) is 9.44. The first-order valence-electron chi connectivity index (χ1n) is 11.9.